The molecule has 0 spiro atoms. The van der Waals surface area contributed by atoms with Crippen LogP contribution >= 0.6 is 0 Å². The molecule has 0 saturated heterocycles. The number of rotatable bonds is 5. The van der Waals surface area contributed by atoms with Crippen LogP contribution in [0, 0.1) is 5.41 Å². The highest BCUT2D eigenvalue weighted by molar-refractivity contribution is 5.36. The van der Waals surface area contributed by atoms with E-state index in [1.165, 1.54) is 5.57 Å². The van der Waals surface area contributed by atoms with Crippen molar-refractivity contribution >= 4 is 0 Å². The molecule has 1 N–H and O–H groups in total. The SMILES string of the molecule is C=CCOC1CCC(C)(C)C2=CC=C(CC(C)O)O[C@]21C. The van der Waals surface area contributed by atoms with Gasteiger partial charge in [-0.25, -0.2) is 0 Å². The molecule has 1 aliphatic heterocycles. The fourth-order valence-corrected chi connectivity index (χ4v) is 3.57. The van der Waals surface area contributed by atoms with Gasteiger partial charge in [0, 0.05) is 6.42 Å². The van der Waals surface area contributed by atoms with Crippen molar-refractivity contribution in [2.45, 2.75) is 64.8 Å². The van der Waals surface area contributed by atoms with Crippen LogP contribution in [0.5, 0.6) is 0 Å². The summed E-state index contributed by atoms with van der Waals surface area (Å²) in [6.07, 6.45) is 8.16. The quantitative estimate of drug-likeness (QED) is 0.784. The molecule has 0 amide bonds. The summed E-state index contributed by atoms with van der Waals surface area (Å²) >= 11 is 0. The largest absolute Gasteiger partial charge is 0.485 e. The van der Waals surface area contributed by atoms with Gasteiger partial charge in [0.2, 0.25) is 0 Å². The summed E-state index contributed by atoms with van der Waals surface area (Å²) in [5.74, 6) is 0.834. The van der Waals surface area contributed by atoms with E-state index in [1.807, 2.05) is 6.08 Å². The molecule has 3 heteroatoms. The van der Waals surface area contributed by atoms with E-state index in [0.717, 1.165) is 18.6 Å². The predicted molar refractivity (Wildman–Crippen MR) is 84.9 cm³/mol. The van der Waals surface area contributed by atoms with Crippen molar-refractivity contribution in [3.05, 3.63) is 36.1 Å². The molecular formula is C18H28O3. The van der Waals surface area contributed by atoms with Gasteiger partial charge < -0.3 is 14.6 Å². The Balaban J connectivity index is 2.31. The van der Waals surface area contributed by atoms with Crippen molar-refractivity contribution < 1.29 is 14.6 Å². The van der Waals surface area contributed by atoms with Crippen molar-refractivity contribution in [3.8, 4) is 0 Å². The molecule has 2 aliphatic rings. The van der Waals surface area contributed by atoms with Crippen LogP contribution in [0.15, 0.2) is 36.1 Å². The van der Waals surface area contributed by atoms with Gasteiger partial charge in [0.25, 0.3) is 0 Å². The zero-order valence-corrected chi connectivity index (χ0v) is 13.7. The molecule has 0 aromatic heterocycles. The molecule has 1 heterocycles. The number of fused-ring (bicyclic) bond motifs is 1. The minimum atomic E-state index is -0.455. The fourth-order valence-electron chi connectivity index (χ4n) is 3.57. The second kappa shape index (κ2) is 5.98. The number of ether oxygens (including phenoxy) is 2. The highest BCUT2D eigenvalue weighted by atomic mass is 16.6. The maximum Gasteiger partial charge on any atom is 0.153 e. The predicted octanol–water partition coefficient (Wildman–Crippen LogP) is 3.75. The molecule has 1 saturated carbocycles. The second-order valence-corrected chi connectivity index (χ2v) is 7.01. The van der Waals surface area contributed by atoms with Crippen molar-refractivity contribution in [3.63, 3.8) is 0 Å². The summed E-state index contributed by atoms with van der Waals surface area (Å²) in [7, 11) is 0. The summed E-state index contributed by atoms with van der Waals surface area (Å²) in [6.45, 7) is 12.7. The van der Waals surface area contributed by atoms with Crippen LogP contribution in [-0.4, -0.2) is 29.5 Å². The zero-order valence-electron chi connectivity index (χ0n) is 13.7. The van der Waals surface area contributed by atoms with Crippen LogP contribution in [0.2, 0.25) is 0 Å². The topological polar surface area (TPSA) is 38.7 Å². The zero-order chi connectivity index (χ0) is 15.7. The highest BCUT2D eigenvalue weighted by Gasteiger charge is 2.51. The van der Waals surface area contributed by atoms with E-state index in [9.17, 15) is 5.11 Å². The molecule has 1 aliphatic carbocycles. The second-order valence-electron chi connectivity index (χ2n) is 7.01. The first-order valence-corrected chi connectivity index (χ1v) is 7.81. The number of aliphatic hydroxyl groups is 1. The Morgan fingerprint density at radius 2 is 2.19 bits per heavy atom. The molecule has 0 radical (unpaired) electrons. The van der Waals surface area contributed by atoms with Gasteiger partial charge in [0.05, 0.1) is 18.5 Å². The summed E-state index contributed by atoms with van der Waals surface area (Å²) in [5.41, 5.74) is 0.934. The van der Waals surface area contributed by atoms with Crippen LogP contribution in [0.25, 0.3) is 0 Å². The van der Waals surface area contributed by atoms with Crippen LogP contribution in [0.4, 0.5) is 0 Å². The number of allylic oxidation sites excluding steroid dienone is 2. The van der Waals surface area contributed by atoms with Gasteiger partial charge >= 0.3 is 0 Å². The smallest absolute Gasteiger partial charge is 0.153 e. The molecule has 3 nitrogen and oxygen atoms in total. The Labute approximate surface area is 128 Å². The molecular weight excluding hydrogens is 264 g/mol. The standard InChI is InChI=1S/C18H28O3/c1-6-11-20-16-9-10-17(3,4)15-8-7-14(12-13(2)19)21-18(15,16)5/h6-8,13,16,19H,1,9-12H2,2-5H3/t13?,16?,18-/m1/s1. The summed E-state index contributed by atoms with van der Waals surface area (Å²) < 4.78 is 12.3. The molecule has 3 atom stereocenters. The minimum absolute atomic E-state index is 0.0208. The van der Waals surface area contributed by atoms with Gasteiger partial charge in [-0.3, -0.25) is 0 Å². The van der Waals surface area contributed by atoms with Gasteiger partial charge in [0.15, 0.2) is 5.60 Å². The normalized spacial score (nSPS) is 32.3. The first-order valence-electron chi connectivity index (χ1n) is 7.81. The Kier molecular flexibility index (Phi) is 4.64. The average Bonchev–Trinajstić information content (AvgIpc) is 2.36. The van der Waals surface area contributed by atoms with Gasteiger partial charge in [0.1, 0.15) is 6.10 Å². The lowest BCUT2D eigenvalue weighted by Gasteiger charge is -2.51. The van der Waals surface area contributed by atoms with Crippen molar-refractivity contribution in [2.75, 3.05) is 6.61 Å². The highest BCUT2D eigenvalue weighted by Crippen LogP contribution is 2.51. The van der Waals surface area contributed by atoms with Crippen LogP contribution in [0.1, 0.15) is 47.0 Å². The summed E-state index contributed by atoms with van der Waals surface area (Å²) in [4.78, 5) is 0. The molecule has 0 aromatic rings. The lowest BCUT2D eigenvalue weighted by molar-refractivity contribution is -0.120. The third-order valence-corrected chi connectivity index (χ3v) is 4.60. The van der Waals surface area contributed by atoms with Crippen molar-refractivity contribution in [1.29, 1.82) is 0 Å². The molecule has 1 fully saturated rings. The summed E-state index contributed by atoms with van der Waals surface area (Å²) in [6, 6.07) is 0. The van der Waals surface area contributed by atoms with E-state index in [4.69, 9.17) is 9.47 Å². The van der Waals surface area contributed by atoms with E-state index in [1.54, 1.807) is 13.0 Å². The third kappa shape index (κ3) is 3.24. The van der Waals surface area contributed by atoms with Gasteiger partial charge in [-0.15, -0.1) is 6.58 Å². The Morgan fingerprint density at radius 3 is 2.81 bits per heavy atom. The molecule has 2 rings (SSSR count). The monoisotopic (exact) mass is 292 g/mol. The lowest BCUT2D eigenvalue weighted by atomic mass is 9.64. The molecule has 0 bridgehead atoms. The van der Waals surface area contributed by atoms with Crippen LogP contribution in [-0.2, 0) is 9.47 Å². The maximum atomic E-state index is 9.61. The first kappa shape index (κ1) is 16.3. The third-order valence-electron chi connectivity index (χ3n) is 4.60. The van der Waals surface area contributed by atoms with Gasteiger partial charge in [-0.1, -0.05) is 26.0 Å². The molecule has 21 heavy (non-hydrogen) atoms. The Bertz CT molecular complexity index is 459. The van der Waals surface area contributed by atoms with Crippen molar-refractivity contribution in [1.82, 2.24) is 0 Å². The maximum absolute atomic E-state index is 9.61. The van der Waals surface area contributed by atoms with E-state index in [2.05, 4.69) is 33.4 Å². The number of hydrogen-bond donors (Lipinski definition) is 1. The van der Waals surface area contributed by atoms with E-state index < -0.39 is 11.7 Å². The fraction of sp³-hybridized carbons (Fsp3) is 0.667. The Morgan fingerprint density at radius 1 is 1.48 bits per heavy atom. The molecule has 118 valence electrons. The molecule has 0 aromatic carbocycles. The first-order chi connectivity index (χ1) is 9.79. The lowest BCUT2D eigenvalue weighted by Crippen LogP contribution is -2.53. The van der Waals surface area contributed by atoms with Crippen LogP contribution < -0.4 is 0 Å². The van der Waals surface area contributed by atoms with Gasteiger partial charge in [-0.2, -0.15) is 0 Å². The van der Waals surface area contributed by atoms with E-state index >= 15 is 0 Å². The van der Waals surface area contributed by atoms with Crippen molar-refractivity contribution in [2.24, 2.45) is 5.41 Å². The summed E-state index contributed by atoms with van der Waals surface area (Å²) in [5, 5.41) is 9.61. The Hall–Kier alpha value is -1.06. The molecule has 2 unspecified atom stereocenters. The number of aliphatic hydroxyl groups excluding tert-OH is 1. The number of hydrogen-bond acceptors (Lipinski definition) is 3. The van der Waals surface area contributed by atoms with Crippen LogP contribution in [0.3, 0.4) is 0 Å². The van der Waals surface area contributed by atoms with Gasteiger partial charge in [-0.05, 0) is 43.8 Å². The average molecular weight is 292 g/mol. The van der Waals surface area contributed by atoms with E-state index in [-0.39, 0.29) is 11.5 Å². The van der Waals surface area contributed by atoms with E-state index in [0.29, 0.717) is 13.0 Å². The minimum Gasteiger partial charge on any atom is -0.485 e.